The van der Waals surface area contributed by atoms with Gasteiger partial charge in [0.2, 0.25) is 0 Å². The predicted molar refractivity (Wildman–Crippen MR) is 83.8 cm³/mol. The van der Waals surface area contributed by atoms with E-state index in [0.29, 0.717) is 22.3 Å². The number of aryl methyl sites for hydroxylation is 1. The van der Waals surface area contributed by atoms with Crippen LogP contribution in [0.4, 0.5) is 0 Å². The minimum atomic E-state index is -0.970. The van der Waals surface area contributed by atoms with Gasteiger partial charge in [0.15, 0.2) is 0 Å². The lowest BCUT2D eigenvalue weighted by atomic mass is 10.1. The molecule has 0 bridgehead atoms. The number of halogens is 1. The van der Waals surface area contributed by atoms with Gasteiger partial charge in [-0.3, -0.25) is 0 Å². The molecule has 0 spiro atoms. The van der Waals surface area contributed by atoms with E-state index in [4.69, 9.17) is 26.2 Å². The third kappa shape index (κ3) is 2.92. The Labute approximate surface area is 132 Å². The third-order valence-corrected chi connectivity index (χ3v) is 3.57. The van der Waals surface area contributed by atoms with Crippen molar-refractivity contribution in [2.24, 2.45) is 0 Å². The van der Waals surface area contributed by atoms with Crippen LogP contribution in [0.25, 0.3) is 6.08 Å². The van der Waals surface area contributed by atoms with Crippen LogP contribution in [0.1, 0.15) is 11.1 Å². The van der Waals surface area contributed by atoms with Crippen molar-refractivity contribution >= 4 is 23.6 Å². The molecule has 3 rings (SSSR count). The van der Waals surface area contributed by atoms with E-state index in [1.165, 1.54) is 0 Å². The van der Waals surface area contributed by atoms with E-state index >= 15 is 0 Å². The number of hydrogen-bond acceptors (Lipinski definition) is 3. The maximum Gasteiger partial charge on any atom is 0.335 e. The van der Waals surface area contributed by atoms with Crippen LogP contribution in [-0.2, 0) is 4.79 Å². The highest BCUT2D eigenvalue weighted by Crippen LogP contribution is 2.33. The molecule has 0 radical (unpaired) electrons. The summed E-state index contributed by atoms with van der Waals surface area (Å²) in [7, 11) is 0. The van der Waals surface area contributed by atoms with Crippen LogP contribution >= 0.6 is 11.6 Å². The SMILES string of the molecule is Cc1cc(Cl)ccc1Oc1ccc2c(c1)OCC(C(=O)O)=C2. The molecule has 5 heteroatoms. The quantitative estimate of drug-likeness (QED) is 0.917. The fourth-order valence-corrected chi connectivity index (χ4v) is 2.41. The van der Waals surface area contributed by atoms with Crippen LogP contribution in [-0.4, -0.2) is 17.7 Å². The van der Waals surface area contributed by atoms with Gasteiger partial charge in [-0.05, 0) is 48.9 Å². The largest absolute Gasteiger partial charge is 0.488 e. The molecule has 22 heavy (non-hydrogen) atoms. The Balaban J connectivity index is 1.87. The highest BCUT2D eigenvalue weighted by atomic mass is 35.5. The molecule has 0 aliphatic carbocycles. The summed E-state index contributed by atoms with van der Waals surface area (Å²) in [6.07, 6.45) is 1.61. The van der Waals surface area contributed by atoms with Gasteiger partial charge in [0.1, 0.15) is 23.9 Å². The minimum Gasteiger partial charge on any atom is -0.488 e. The number of carboxylic acids is 1. The Morgan fingerprint density at radius 2 is 2.09 bits per heavy atom. The average molecular weight is 317 g/mol. The summed E-state index contributed by atoms with van der Waals surface area (Å²) >= 11 is 5.92. The van der Waals surface area contributed by atoms with Crippen molar-refractivity contribution in [3.05, 3.63) is 58.1 Å². The number of hydrogen-bond donors (Lipinski definition) is 1. The Hall–Kier alpha value is -2.46. The molecule has 0 saturated heterocycles. The van der Waals surface area contributed by atoms with E-state index in [9.17, 15) is 4.79 Å². The lowest BCUT2D eigenvalue weighted by molar-refractivity contribution is -0.132. The van der Waals surface area contributed by atoms with Gasteiger partial charge in [0, 0.05) is 16.7 Å². The smallest absolute Gasteiger partial charge is 0.335 e. The molecular weight excluding hydrogens is 304 g/mol. The average Bonchev–Trinajstić information content (AvgIpc) is 2.49. The molecule has 0 atom stereocenters. The molecule has 2 aromatic carbocycles. The molecule has 0 amide bonds. The number of carboxylic acid groups (broad SMARTS) is 1. The van der Waals surface area contributed by atoms with Crippen molar-refractivity contribution < 1.29 is 19.4 Å². The van der Waals surface area contributed by atoms with Crippen LogP contribution in [0.15, 0.2) is 42.0 Å². The number of benzene rings is 2. The van der Waals surface area contributed by atoms with Crippen LogP contribution in [0.5, 0.6) is 17.2 Å². The fourth-order valence-electron chi connectivity index (χ4n) is 2.19. The van der Waals surface area contributed by atoms with Crippen molar-refractivity contribution in [1.82, 2.24) is 0 Å². The Bertz CT molecular complexity index is 780. The van der Waals surface area contributed by atoms with Gasteiger partial charge in [0.05, 0.1) is 5.57 Å². The molecule has 0 saturated carbocycles. The van der Waals surface area contributed by atoms with E-state index < -0.39 is 5.97 Å². The highest BCUT2D eigenvalue weighted by molar-refractivity contribution is 6.30. The maximum atomic E-state index is 11.0. The first-order chi connectivity index (χ1) is 10.5. The van der Waals surface area contributed by atoms with E-state index in [1.807, 2.05) is 13.0 Å². The fraction of sp³-hybridized carbons (Fsp3) is 0.118. The number of ether oxygens (including phenoxy) is 2. The second-order valence-electron chi connectivity index (χ2n) is 4.97. The van der Waals surface area contributed by atoms with Gasteiger partial charge < -0.3 is 14.6 Å². The summed E-state index contributed by atoms with van der Waals surface area (Å²) in [6, 6.07) is 10.7. The van der Waals surface area contributed by atoms with Crippen LogP contribution < -0.4 is 9.47 Å². The Morgan fingerprint density at radius 1 is 1.27 bits per heavy atom. The first-order valence-electron chi connectivity index (χ1n) is 6.67. The Kier molecular flexibility index (Phi) is 3.77. The standard InChI is InChI=1S/C17H13ClO4/c1-10-6-13(18)3-5-15(10)22-14-4-2-11-7-12(17(19)20)9-21-16(11)8-14/h2-8H,9H2,1H3,(H,19,20). The number of aliphatic carboxylic acids is 1. The summed E-state index contributed by atoms with van der Waals surface area (Å²) in [5.74, 6) is 0.968. The van der Waals surface area contributed by atoms with Crippen molar-refractivity contribution in [2.45, 2.75) is 6.92 Å². The maximum absolute atomic E-state index is 11.0. The van der Waals surface area contributed by atoms with Gasteiger partial charge >= 0.3 is 5.97 Å². The van der Waals surface area contributed by atoms with Crippen molar-refractivity contribution in [1.29, 1.82) is 0 Å². The zero-order valence-electron chi connectivity index (χ0n) is 11.8. The number of carbonyl (C=O) groups is 1. The van der Waals surface area contributed by atoms with Crippen molar-refractivity contribution in [3.63, 3.8) is 0 Å². The van der Waals surface area contributed by atoms with E-state index in [2.05, 4.69) is 0 Å². The lowest BCUT2D eigenvalue weighted by Gasteiger charge is -2.17. The van der Waals surface area contributed by atoms with E-state index in [-0.39, 0.29) is 12.2 Å². The molecule has 1 heterocycles. The summed E-state index contributed by atoms with van der Waals surface area (Å²) in [5, 5.41) is 9.64. The van der Waals surface area contributed by atoms with Gasteiger partial charge in [-0.25, -0.2) is 4.79 Å². The van der Waals surface area contributed by atoms with Gasteiger partial charge in [-0.15, -0.1) is 0 Å². The molecule has 1 aliphatic heterocycles. The molecule has 1 aliphatic rings. The normalized spacial score (nSPS) is 12.9. The third-order valence-electron chi connectivity index (χ3n) is 3.34. The molecule has 4 nitrogen and oxygen atoms in total. The Morgan fingerprint density at radius 3 is 2.82 bits per heavy atom. The first-order valence-corrected chi connectivity index (χ1v) is 7.05. The molecule has 0 unspecified atom stereocenters. The molecular formula is C17H13ClO4. The summed E-state index contributed by atoms with van der Waals surface area (Å²) in [5.41, 5.74) is 1.89. The van der Waals surface area contributed by atoms with E-state index in [0.717, 1.165) is 11.1 Å². The van der Waals surface area contributed by atoms with Gasteiger partial charge in [-0.2, -0.15) is 0 Å². The minimum absolute atomic E-state index is 0.0474. The monoisotopic (exact) mass is 316 g/mol. The summed E-state index contributed by atoms with van der Waals surface area (Å²) < 4.78 is 11.3. The zero-order valence-corrected chi connectivity index (χ0v) is 12.6. The molecule has 2 aromatic rings. The van der Waals surface area contributed by atoms with Crippen molar-refractivity contribution in [2.75, 3.05) is 6.61 Å². The van der Waals surface area contributed by atoms with Crippen LogP contribution in [0, 0.1) is 6.92 Å². The van der Waals surface area contributed by atoms with E-state index in [1.54, 1.807) is 36.4 Å². The molecule has 112 valence electrons. The zero-order chi connectivity index (χ0) is 15.7. The topological polar surface area (TPSA) is 55.8 Å². The second-order valence-corrected chi connectivity index (χ2v) is 5.41. The highest BCUT2D eigenvalue weighted by Gasteiger charge is 2.17. The van der Waals surface area contributed by atoms with Gasteiger partial charge in [0.25, 0.3) is 0 Å². The van der Waals surface area contributed by atoms with Crippen molar-refractivity contribution in [3.8, 4) is 17.2 Å². The molecule has 1 N–H and O–H groups in total. The summed E-state index contributed by atoms with van der Waals surface area (Å²) in [6.45, 7) is 1.96. The van der Waals surface area contributed by atoms with Crippen LogP contribution in [0.3, 0.4) is 0 Å². The lowest BCUT2D eigenvalue weighted by Crippen LogP contribution is -2.14. The molecule has 0 fully saturated rings. The summed E-state index contributed by atoms with van der Waals surface area (Å²) in [4.78, 5) is 11.0. The predicted octanol–water partition coefficient (Wildman–Crippen LogP) is 4.30. The van der Waals surface area contributed by atoms with Gasteiger partial charge in [-0.1, -0.05) is 11.6 Å². The molecule has 0 aromatic heterocycles. The second kappa shape index (κ2) is 5.73. The number of fused-ring (bicyclic) bond motifs is 1. The number of rotatable bonds is 3. The van der Waals surface area contributed by atoms with Crippen LogP contribution in [0.2, 0.25) is 5.02 Å². The first kappa shape index (κ1) is 14.5.